The smallest absolute Gasteiger partial charge is 0.305 e. The summed E-state index contributed by atoms with van der Waals surface area (Å²) in [5.74, 6) is -0.138. The fourth-order valence-corrected chi connectivity index (χ4v) is 2.34. The predicted octanol–water partition coefficient (Wildman–Crippen LogP) is 2.78. The summed E-state index contributed by atoms with van der Waals surface area (Å²) in [5.41, 5.74) is 1.73. The number of carboxylic acids is 1. The highest BCUT2D eigenvalue weighted by Crippen LogP contribution is 2.12. The molecule has 2 N–H and O–H groups in total. The van der Waals surface area contributed by atoms with Gasteiger partial charge in [0.25, 0.3) is 5.91 Å². The first-order chi connectivity index (χ1) is 9.43. The van der Waals surface area contributed by atoms with Crippen LogP contribution in [0.5, 0.6) is 0 Å². The molecule has 0 aromatic heterocycles. The third-order valence-corrected chi connectivity index (χ3v) is 3.66. The number of amides is 1. The summed E-state index contributed by atoms with van der Waals surface area (Å²) in [5, 5.41) is 11.6. The van der Waals surface area contributed by atoms with Gasteiger partial charge in [0.05, 0.1) is 6.42 Å². The second-order valence-electron chi connectivity index (χ2n) is 5.05. The summed E-state index contributed by atoms with van der Waals surface area (Å²) < 4.78 is 0. The third kappa shape index (κ3) is 5.25. The maximum absolute atomic E-state index is 12.1. The molecular weight excluding hydrogens is 274 g/mol. The van der Waals surface area contributed by atoms with Gasteiger partial charge in [-0.05, 0) is 29.9 Å². The van der Waals surface area contributed by atoms with Crippen molar-refractivity contribution in [2.75, 3.05) is 6.26 Å². The minimum Gasteiger partial charge on any atom is -0.481 e. The van der Waals surface area contributed by atoms with Gasteiger partial charge in [-0.15, -0.1) is 0 Å². The highest BCUT2D eigenvalue weighted by molar-refractivity contribution is 7.97. The molecule has 1 aromatic carbocycles. The van der Waals surface area contributed by atoms with Crippen molar-refractivity contribution in [2.24, 2.45) is 5.92 Å². The molecule has 110 valence electrons. The predicted molar refractivity (Wildman–Crippen MR) is 82.0 cm³/mol. The zero-order valence-corrected chi connectivity index (χ0v) is 12.9. The first-order valence-electron chi connectivity index (χ1n) is 6.54. The summed E-state index contributed by atoms with van der Waals surface area (Å²) >= 11 is 1.72. The lowest BCUT2D eigenvalue weighted by Gasteiger charge is -2.20. The van der Waals surface area contributed by atoms with E-state index in [2.05, 4.69) is 5.32 Å². The molecule has 0 aliphatic rings. The number of carbonyl (C=O) groups is 2. The van der Waals surface area contributed by atoms with Gasteiger partial charge in [-0.1, -0.05) is 26.0 Å². The molecule has 1 unspecified atom stereocenters. The molecule has 0 aliphatic carbocycles. The lowest BCUT2D eigenvalue weighted by molar-refractivity contribution is -0.137. The number of benzene rings is 1. The van der Waals surface area contributed by atoms with Gasteiger partial charge in [0.2, 0.25) is 0 Å². The maximum Gasteiger partial charge on any atom is 0.305 e. The largest absolute Gasteiger partial charge is 0.481 e. The molecule has 0 radical (unpaired) electrons. The van der Waals surface area contributed by atoms with E-state index in [1.807, 2.05) is 32.2 Å². The van der Waals surface area contributed by atoms with Gasteiger partial charge in [-0.3, -0.25) is 9.59 Å². The van der Waals surface area contributed by atoms with E-state index in [1.54, 1.807) is 23.9 Å². The molecule has 0 saturated carbocycles. The van der Waals surface area contributed by atoms with E-state index < -0.39 is 5.97 Å². The van der Waals surface area contributed by atoms with Crippen LogP contribution in [0.4, 0.5) is 0 Å². The van der Waals surface area contributed by atoms with Crippen LogP contribution in [0.15, 0.2) is 24.3 Å². The van der Waals surface area contributed by atoms with Crippen LogP contribution >= 0.6 is 11.8 Å². The average molecular weight is 295 g/mol. The minimum atomic E-state index is -0.903. The Bertz CT molecular complexity index is 457. The van der Waals surface area contributed by atoms with E-state index in [-0.39, 0.29) is 24.3 Å². The first-order valence-corrected chi connectivity index (χ1v) is 7.94. The van der Waals surface area contributed by atoms with E-state index in [0.717, 1.165) is 5.75 Å². The van der Waals surface area contributed by atoms with Crippen molar-refractivity contribution in [1.29, 1.82) is 0 Å². The molecule has 0 spiro atoms. The van der Waals surface area contributed by atoms with Crippen LogP contribution in [-0.4, -0.2) is 29.3 Å². The fraction of sp³-hybridized carbons (Fsp3) is 0.467. The quantitative estimate of drug-likeness (QED) is 0.811. The minimum absolute atomic E-state index is 0.0615. The number of rotatable bonds is 7. The number of aliphatic carboxylic acids is 1. The van der Waals surface area contributed by atoms with Gasteiger partial charge < -0.3 is 10.4 Å². The Morgan fingerprint density at radius 2 is 1.85 bits per heavy atom. The fourth-order valence-electron chi connectivity index (χ4n) is 1.81. The molecule has 0 aliphatic heterocycles. The van der Waals surface area contributed by atoms with Gasteiger partial charge in [0.15, 0.2) is 0 Å². The molecule has 0 heterocycles. The van der Waals surface area contributed by atoms with Crippen molar-refractivity contribution in [3.05, 3.63) is 35.4 Å². The second-order valence-corrected chi connectivity index (χ2v) is 5.92. The third-order valence-electron chi connectivity index (χ3n) is 3.04. The second kappa shape index (κ2) is 7.94. The summed E-state index contributed by atoms with van der Waals surface area (Å²) in [7, 11) is 0. The average Bonchev–Trinajstić information content (AvgIpc) is 2.38. The first kappa shape index (κ1) is 16.6. The van der Waals surface area contributed by atoms with Crippen LogP contribution < -0.4 is 5.32 Å². The Morgan fingerprint density at radius 1 is 1.25 bits per heavy atom. The Balaban J connectivity index is 2.70. The molecular formula is C15H21NO3S. The van der Waals surface area contributed by atoms with Gasteiger partial charge in [-0.2, -0.15) is 11.8 Å². The number of thioether (sulfide) groups is 1. The summed E-state index contributed by atoms with van der Waals surface area (Å²) in [6.45, 7) is 3.80. The van der Waals surface area contributed by atoms with Crippen LogP contribution in [0, 0.1) is 5.92 Å². The van der Waals surface area contributed by atoms with Gasteiger partial charge >= 0.3 is 5.97 Å². The Labute approximate surface area is 124 Å². The normalized spacial score (nSPS) is 12.2. The van der Waals surface area contributed by atoms with E-state index in [9.17, 15) is 9.59 Å². The summed E-state index contributed by atoms with van der Waals surface area (Å²) in [4.78, 5) is 22.9. The van der Waals surface area contributed by atoms with E-state index in [4.69, 9.17) is 5.11 Å². The highest BCUT2D eigenvalue weighted by Gasteiger charge is 2.19. The van der Waals surface area contributed by atoms with Gasteiger partial charge in [0, 0.05) is 17.4 Å². The lowest BCUT2D eigenvalue weighted by atomic mass is 10.0. The molecule has 1 amide bonds. The number of hydrogen-bond acceptors (Lipinski definition) is 3. The molecule has 1 aromatic rings. The van der Waals surface area contributed by atoms with Crippen molar-refractivity contribution >= 4 is 23.6 Å². The topological polar surface area (TPSA) is 66.4 Å². The molecule has 1 rings (SSSR count). The monoisotopic (exact) mass is 295 g/mol. The highest BCUT2D eigenvalue weighted by atomic mass is 32.2. The Morgan fingerprint density at radius 3 is 2.30 bits per heavy atom. The van der Waals surface area contributed by atoms with E-state index in [0.29, 0.717) is 5.56 Å². The standard InChI is InChI=1S/C15H21NO3S/c1-10(2)13(8-14(17)18)16-15(19)12-6-4-11(5-7-12)9-20-3/h4-7,10,13H,8-9H2,1-3H3,(H,16,19)(H,17,18). The number of carbonyl (C=O) groups excluding carboxylic acids is 1. The molecule has 1 atom stereocenters. The van der Waals surface area contributed by atoms with Crippen LogP contribution in [-0.2, 0) is 10.5 Å². The van der Waals surface area contributed by atoms with E-state index >= 15 is 0 Å². The molecule has 0 saturated heterocycles. The van der Waals surface area contributed by atoms with Crippen molar-refractivity contribution in [1.82, 2.24) is 5.32 Å². The lowest BCUT2D eigenvalue weighted by Crippen LogP contribution is -2.40. The SMILES string of the molecule is CSCc1ccc(C(=O)NC(CC(=O)O)C(C)C)cc1. The van der Waals surface area contributed by atoms with Crippen LogP contribution in [0.3, 0.4) is 0 Å². The molecule has 5 heteroatoms. The van der Waals surface area contributed by atoms with Crippen LogP contribution in [0.2, 0.25) is 0 Å². The summed E-state index contributed by atoms with van der Waals surface area (Å²) in [6, 6.07) is 7.05. The van der Waals surface area contributed by atoms with Gasteiger partial charge in [0.1, 0.15) is 0 Å². The van der Waals surface area contributed by atoms with Crippen molar-refractivity contribution in [3.63, 3.8) is 0 Å². The Kier molecular flexibility index (Phi) is 6.58. The van der Waals surface area contributed by atoms with E-state index in [1.165, 1.54) is 5.56 Å². The number of hydrogen-bond donors (Lipinski definition) is 2. The summed E-state index contributed by atoms with van der Waals surface area (Å²) in [6.07, 6.45) is 1.97. The zero-order valence-electron chi connectivity index (χ0n) is 12.1. The van der Waals surface area contributed by atoms with Gasteiger partial charge in [-0.25, -0.2) is 0 Å². The maximum atomic E-state index is 12.1. The number of carboxylic acid groups (broad SMARTS) is 1. The number of nitrogens with one attached hydrogen (secondary N) is 1. The molecule has 4 nitrogen and oxygen atoms in total. The van der Waals surface area contributed by atoms with Crippen molar-refractivity contribution < 1.29 is 14.7 Å². The molecule has 20 heavy (non-hydrogen) atoms. The van der Waals surface area contributed by atoms with Crippen LogP contribution in [0.25, 0.3) is 0 Å². The zero-order chi connectivity index (χ0) is 15.1. The van der Waals surface area contributed by atoms with Crippen molar-refractivity contribution in [3.8, 4) is 0 Å². The molecule has 0 bridgehead atoms. The molecule has 0 fully saturated rings. The Hall–Kier alpha value is -1.49. The van der Waals surface area contributed by atoms with Crippen molar-refractivity contribution in [2.45, 2.75) is 32.1 Å². The van der Waals surface area contributed by atoms with Crippen LogP contribution in [0.1, 0.15) is 36.2 Å².